The lowest BCUT2D eigenvalue weighted by Crippen LogP contribution is -2.62. The van der Waals surface area contributed by atoms with Crippen LogP contribution in [0.5, 0.6) is 23.0 Å². The molecule has 7 aliphatic rings. The molecule has 5 aliphatic heterocycles. The van der Waals surface area contributed by atoms with E-state index in [1.165, 1.54) is 27.7 Å². The van der Waals surface area contributed by atoms with Crippen LogP contribution in [0.1, 0.15) is 104 Å². The van der Waals surface area contributed by atoms with Gasteiger partial charge in [-0.15, -0.1) is 0 Å². The molecule has 11 heteroatoms. The Balaban J connectivity index is 0.912. The molecule has 1 atom stereocenters. The van der Waals surface area contributed by atoms with Gasteiger partial charge < -0.3 is 29.1 Å². The fourth-order valence-electron chi connectivity index (χ4n) is 17.5. The maximum Gasteiger partial charge on any atom is 0.279 e. The topological polar surface area (TPSA) is 69.6 Å². The first kappa shape index (κ1) is 54.5. The molecule has 1 unspecified atom stereocenters. The number of para-hydroxylation sites is 4. The number of aliphatic imine (C=N–C) groups is 1. The Hall–Kier alpha value is -9.60. The van der Waals surface area contributed by atoms with Crippen molar-refractivity contribution < 1.29 is 9.47 Å². The number of rotatable bonds is 9. The predicted octanol–water partition coefficient (Wildman–Crippen LogP) is 16.5. The van der Waals surface area contributed by atoms with E-state index in [0.717, 1.165) is 138 Å². The second kappa shape index (κ2) is 19.7. The molecule has 0 saturated heterocycles. The minimum atomic E-state index is -0.324. The van der Waals surface area contributed by atoms with Crippen molar-refractivity contribution in [3.8, 4) is 23.0 Å². The maximum absolute atomic E-state index is 7.67. The third-order valence-corrected chi connectivity index (χ3v) is 20.8. The van der Waals surface area contributed by atoms with Crippen molar-refractivity contribution in [3.63, 3.8) is 0 Å². The molecule has 0 spiro atoms. The summed E-state index contributed by atoms with van der Waals surface area (Å²) in [5, 5.41) is 0. The number of ether oxygens (including phenoxy) is 2. The Morgan fingerprint density at radius 1 is 0.467 bits per heavy atom. The summed E-state index contributed by atoms with van der Waals surface area (Å²) in [7, 11) is 0. The fraction of sp³-hybridized carbons (Fsp3) is 0.228. The summed E-state index contributed by atoms with van der Waals surface area (Å²) in [5.41, 5.74) is 24.8. The number of hydrogen-bond donors (Lipinski definition) is 0. The van der Waals surface area contributed by atoms with Gasteiger partial charge in [-0.1, -0.05) is 159 Å². The van der Waals surface area contributed by atoms with E-state index in [-0.39, 0.29) is 41.0 Å². The first-order chi connectivity index (χ1) is 43.5. The third kappa shape index (κ3) is 8.19. The number of hydrogen-bond acceptors (Lipinski definition) is 9. The van der Waals surface area contributed by atoms with Crippen molar-refractivity contribution >= 4 is 110 Å². The molecule has 90 heavy (non-hydrogen) atoms. The zero-order valence-electron chi connectivity index (χ0n) is 52.7. The summed E-state index contributed by atoms with van der Waals surface area (Å²) in [5.74, 6) is 3.27. The maximum atomic E-state index is 7.67. The van der Waals surface area contributed by atoms with Gasteiger partial charge in [-0.25, -0.2) is 9.97 Å². The zero-order valence-corrected chi connectivity index (χ0v) is 52.7. The molecule has 0 saturated carbocycles. The van der Waals surface area contributed by atoms with Gasteiger partial charge in [0.15, 0.2) is 0 Å². The zero-order chi connectivity index (χ0) is 61.2. The van der Waals surface area contributed by atoms with Crippen LogP contribution in [0.2, 0.25) is 0 Å². The molecule has 9 nitrogen and oxygen atoms in total. The second-order valence-electron chi connectivity index (χ2n) is 28.5. The highest BCUT2D eigenvalue weighted by atomic mass is 16.5. The summed E-state index contributed by atoms with van der Waals surface area (Å²) in [6.45, 7) is 21.7. The van der Waals surface area contributed by atoms with E-state index in [1.807, 2.05) is 6.20 Å². The van der Waals surface area contributed by atoms with Crippen LogP contribution in [0, 0.1) is 5.92 Å². The average molecular weight is 1170 g/mol. The number of dihydropyridines is 1. The van der Waals surface area contributed by atoms with Crippen LogP contribution in [-0.2, 0) is 21.7 Å². The SMILES string of the molecule is CCC1CN=CC2=C1B1c3cc4c(cc3Oc3cc(N(c5ccccc5)c5ccccc5)cc(c31)N2c1ccc2c(c1)C(C)(C)CC2(C)C)Oc1cc(N(c2ccccc2)c2ccccc2)cc2c1B4c1ncncc1N2c1ccc2c(c1)C(C)(C)CC2(C)C. The summed E-state index contributed by atoms with van der Waals surface area (Å²) >= 11 is 0. The second-order valence-corrected chi connectivity index (χ2v) is 28.5. The van der Waals surface area contributed by atoms with Crippen LogP contribution < -0.4 is 56.5 Å². The third-order valence-electron chi connectivity index (χ3n) is 20.8. The molecule has 1 aromatic heterocycles. The number of anilines is 11. The summed E-state index contributed by atoms with van der Waals surface area (Å²) in [6, 6.07) is 71.0. The van der Waals surface area contributed by atoms with Crippen molar-refractivity contribution in [3.05, 3.63) is 240 Å². The average Bonchev–Trinajstić information content (AvgIpc) is 0.872. The van der Waals surface area contributed by atoms with E-state index in [2.05, 4.69) is 282 Å². The molecule has 0 fully saturated rings. The van der Waals surface area contributed by atoms with Crippen LogP contribution >= 0.6 is 0 Å². The van der Waals surface area contributed by atoms with Crippen molar-refractivity contribution in [1.29, 1.82) is 0 Å². The predicted molar refractivity (Wildman–Crippen MR) is 373 cm³/mol. The molecule has 2 aliphatic carbocycles. The number of nitrogens with zero attached hydrogens (tertiary/aromatic N) is 7. The lowest BCUT2D eigenvalue weighted by atomic mass is 9.30. The smallest absolute Gasteiger partial charge is 0.279 e. The quantitative estimate of drug-likeness (QED) is 0.132. The minimum absolute atomic E-state index is 0.0168. The summed E-state index contributed by atoms with van der Waals surface area (Å²) < 4.78 is 15.3. The van der Waals surface area contributed by atoms with E-state index in [9.17, 15) is 0 Å². The van der Waals surface area contributed by atoms with E-state index >= 15 is 0 Å². The molecular weight excluding hydrogens is 1100 g/mol. The molecule has 440 valence electrons. The Labute approximate surface area is 529 Å². The molecular formula is C79H71B2N7O2. The van der Waals surface area contributed by atoms with E-state index in [4.69, 9.17) is 24.4 Å². The van der Waals surface area contributed by atoms with Crippen molar-refractivity contribution in [2.24, 2.45) is 10.9 Å². The van der Waals surface area contributed by atoms with Gasteiger partial charge in [-0.2, -0.15) is 0 Å². The van der Waals surface area contributed by atoms with Gasteiger partial charge in [-0.05, 0) is 176 Å². The standard InChI is InChI=1S/C79H71B2N7O2/c1-10-49-43-82-44-66-72(49)80-62-41-63-69(42-68(62)89-70-39-56(85(50-23-15-11-16-24-50)51-25-17-12-18-26-51)37-64(73(70)80)87(66)54-31-33-58-60(35-54)78(6,7)46-76(58,2)3)90-71-40-57(86(52-27-19-13-20-28-52)53-29-21-14-22-30-53)38-65-74(71)81(63)75-67(45-83-48-84-75)88(65)55-32-34-59-61(36-55)79(8,9)47-77(59,4)5/h11-42,44-45,48-49H,10,43,46-47H2,1-9H3. The number of fused-ring (bicyclic) bond motifs is 9. The fourth-order valence-corrected chi connectivity index (χ4v) is 17.5. The van der Waals surface area contributed by atoms with Crippen molar-refractivity contribution in [2.75, 3.05) is 26.1 Å². The normalized spacial score (nSPS) is 18.2. The van der Waals surface area contributed by atoms with E-state index in [0.29, 0.717) is 6.54 Å². The van der Waals surface area contributed by atoms with E-state index in [1.54, 1.807) is 6.33 Å². The molecule has 0 amide bonds. The first-order valence-corrected chi connectivity index (χ1v) is 32.2. The van der Waals surface area contributed by atoms with Crippen LogP contribution in [0.15, 0.2) is 223 Å². The van der Waals surface area contributed by atoms with Gasteiger partial charge in [0.05, 0.1) is 29.0 Å². The molecule has 0 bridgehead atoms. The number of allylic oxidation sites excluding steroid dienone is 1. The van der Waals surface area contributed by atoms with Gasteiger partial charge in [0.2, 0.25) is 0 Å². The Morgan fingerprint density at radius 3 is 1.42 bits per heavy atom. The van der Waals surface area contributed by atoms with Crippen molar-refractivity contribution in [1.82, 2.24) is 9.97 Å². The highest BCUT2D eigenvalue weighted by molar-refractivity contribution is 7.00. The van der Waals surface area contributed by atoms with Crippen LogP contribution in [0.4, 0.5) is 62.6 Å². The summed E-state index contributed by atoms with van der Waals surface area (Å²) in [4.78, 5) is 25.2. The van der Waals surface area contributed by atoms with Gasteiger partial charge in [0.1, 0.15) is 29.3 Å². The van der Waals surface area contributed by atoms with Gasteiger partial charge in [0.25, 0.3) is 13.4 Å². The van der Waals surface area contributed by atoms with Crippen LogP contribution in [-0.4, -0.2) is 36.2 Å². The molecule has 0 N–H and O–H groups in total. The Kier molecular flexibility index (Phi) is 11.9. The lowest BCUT2D eigenvalue weighted by molar-refractivity contribution is 0.402. The highest BCUT2D eigenvalue weighted by Crippen LogP contribution is 2.55. The Bertz CT molecular complexity index is 4600. The number of benzene rings is 9. The molecule has 10 aromatic rings. The molecule has 17 rings (SSSR count). The lowest BCUT2D eigenvalue weighted by Gasteiger charge is -2.45. The van der Waals surface area contributed by atoms with Gasteiger partial charge in [0, 0.05) is 82.1 Å². The minimum Gasteiger partial charge on any atom is -0.458 e. The molecule has 6 heterocycles. The van der Waals surface area contributed by atoms with E-state index < -0.39 is 0 Å². The number of aromatic nitrogens is 2. The van der Waals surface area contributed by atoms with Crippen molar-refractivity contribution in [2.45, 2.75) is 103 Å². The largest absolute Gasteiger partial charge is 0.458 e. The molecule has 0 radical (unpaired) electrons. The summed E-state index contributed by atoms with van der Waals surface area (Å²) in [6.07, 6.45) is 9.00. The van der Waals surface area contributed by atoms with Gasteiger partial charge >= 0.3 is 0 Å². The van der Waals surface area contributed by atoms with Crippen LogP contribution in [0.3, 0.4) is 0 Å². The monoisotopic (exact) mass is 1170 g/mol. The molecule has 9 aromatic carbocycles. The highest BCUT2D eigenvalue weighted by Gasteiger charge is 2.51. The first-order valence-electron chi connectivity index (χ1n) is 32.2. The Morgan fingerprint density at radius 2 is 0.922 bits per heavy atom. The van der Waals surface area contributed by atoms with Gasteiger partial charge in [-0.3, -0.25) is 4.99 Å². The van der Waals surface area contributed by atoms with Crippen LogP contribution in [0.25, 0.3) is 0 Å².